The minimum absolute atomic E-state index is 0.113. The highest BCUT2D eigenvalue weighted by molar-refractivity contribution is 5.94. The monoisotopic (exact) mass is 501 g/mol. The lowest BCUT2D eigenvalue weighted by atomic mass is 10.0. The number of piperidine rings is 1. The molecule has 1 aliphatic heterocycles. The van der Waals surface area contributed by atoms with Crippen LogP contribution in [0, 0.1) is 0 Å². The summed E-state index contributed by atoms with van der Waals surface area (Å²) in [4.78, 5) is 39.1. The summed E-state index contributed by atoms with van der Waals surface area (Å²) < 4.78 is 7.58. The second kappa shape index (κ2) is 10.1. The Labute approximate surface area is 215 Å². The van der Waals surface area contributed by atoms with E-state index < -0.39 is 0 Å². The molecular weight excluding hydrogens is 470 g/mol. The first-order valence-corrected chi connectivity index (χ1v) is 12.3. The van der Waals surface area contributed by atoms with Crippen LogP contribution < -0.4 is 15.0 Å². The smallest absolute Gasteiger partial charge is 0.242 e. The molecule has 11 nitrogen and oxygen atoms in total. The van der Waals surface area contributed by atoms with Gasteiger partial charge in [-0.25, -0.2) is 24.9 Å². The Bertz CT molecular complexity index is 1420. The molecule has 1 N–H and O–H groups in total. The van der Waals surface area contributed by atoms with Crippen molar-refractivity contribution in [2.45, 2.75) is 38.8 Å². The van der Waals surface area contributed by atoms with Crippen LogP contribution in [0.4, 0.5) is 17.5 Å². The van der Waals surface area contributed by atoms with Gasteiger partial charge in [0.05, 0.1) is 42.2 Å². The van der Waals surface area contributed by atoms with Crippen LogP contribution in [0.2, 0.25) is 0 Å². The average molecular weight is 502 g/mol. The number of rotatable bonds is 7. The first-order chi connectivity index (χ1) is 17.8. The highest BCUT2D eigenvalue weighted by atomic mass is 16.5. The predicted molar refractivity (Wildman–Crippen MR) is 142 cm³/mol. The fourth-order valence-corrected chi connectivity index (χ4v) is 4.51. The van der Waals surface area contributed by atoms with Gasteiger partial charge in [-0.1, -0.05) is 0 Å². The summed E-state index contributed by atoms with van der Waals surface area (Å²) in [7, 11) is 5.61. The number of amides is 1. The predicted octanol–water partition coefficient (Wildman–Crippen LogP) is 3.67. The molecular formula is C26H31N9O2. The molecule has 0 aromatic carbocycles. The van der Waals surface area contributed by atoms with Crippen molar-refractivity contribution in [3.05, 3.63) is 43.0 Å². The number of hydrogen-bond acceptors (Lipinski definition) is 9. The Kier molecular flexibility index (Phi) is 6.70. The average Bonchev–Trinajstić information content (AvgIpc) is 3.33. The summed E-state index contributed by atoms with van der Waals surface area (Å²) in [6.45, 7) is 4.87. The largest absolute Gasteiger partial charge is 0.479 e. The van der Waals surface area contributed by atoms with E-state index in [1.807, 2.05) is 32.3 Å². The van der Waals surface area contributed by atoms with Crippen molar-refractivity contribution in [3.8, 4) is 17.3 Å². The molecule has 1 saturated heterocycles. The van der Waals surface area contributed by atoms with Gasteiger partial charge >= 0.3 is 0 Å². The van der Waals surface area contributed by atoms with Crippen molar-refractivity contribution in [1.82, 2.24) is 34.4 Å². The van der Waals surface area contributed by atoms with Crippen LogP contribution in [0.5, 0.6) is 5.88 Å². The van der Waals surface area contributed by atoms with Crippen LogP contribution >= 0.6 is 0 Å². The molecule has 0 spiro atoms. The Morgan fingerprint density at radius 1 is 1.11 bits per heavy atom. The minimum Gasteiger partial charge on any atom is -0.479 e. The third kappa shape index (κ3) is 4.94. The van der Waals surface area contributed by atoms with Gasteiger partial charge in [0.2, 0.25) is 17.7 Å². The van der Waals surface area contributed by atoms with E-state index in [0.29, 0.717) is 47.5 Å². The lowest BCUT2D eigenvalue weighted by Gasteiger charge is -2.34. The van der Waals surface area contributed by atoms with E-state index in [2.05, 4.69) is 53.6 Å². The van der Waals surface area contributed by atoms with Gasteiger partial charge in [-0.3, -0.25) is 4.79 Å². The number of carbonyl (C=O) groups is 1. The number of hydrogen-bond donors (Lipinski definition) is 1. The summed E-state index contributed by atoms with van der Waals surface area (Å²) in [5.41, 5.74) is 3.71. The molecule has 1 amide bonds. The van der Waals surface area contributed by atoms with E-state index in [1.54, 1.807) is 36.8 Å². The zero-order valence-corrected chi connectivity index (χ0v) is 21.7. The van der Waals surface area contributed by atoms with E-state index in [4.69, 9.17) is 4.74 Å². The second-order valence-corrected chi connectivity index (χ2v) is 9.58. The first kappa shape index (κ1) is 24.6. The fourth-order valence-electron chi connectivity index (χ4n) is 4.51. The number of nitrogens with one attached hydrogen (secondary N) is 1. The maximum atomic E-state index is 12.6. The number of anilines is 3. The molecule has 1 atom stereocenters. The number of aromatic nitrogens is 6. The first-order valence-electron chi connectivity index (χ1n) is 12.3. The maximum Gasteiger partial charge on any atom is 0.242 e. The maximum absolute atomic E-state index is 12.6. The SMILES string of the molecule is COc1nc(-c2ccnc(Nc3ccc(N4CCC(N(C)C)CC4=O)cn3)n2)cc2c1ncn2C(C)C. The Hall–Kier alpha value is -4.12. The van der Waals surface area contributed by atoms with Crippen LogP contribution in [-0.4, -0.2) is 74.1 Å². The van der Waals surface area contributed by atoms with Gasteiger partial charge in [0.25, 0.3) is 0 Å². The summed E-state index contributed by atoms with van der Waals surface area (Å²) in [6.07, 6.45) is 6.61. The third-order valence-electron chi connectivity index (χ3n) is 6.62. The molecule has 11 heteroatoms. The van der Waals surface area contributed by atoms with E-state index in [-0.39, 0.29) is 18.0 Å². The second-order valence-electron chi connectivity index (χ2n) is 9.58. The van der Waals surface area contributed by atoms with Crippen LogP contribution in [0.1, 0.15) is 32.7 Å². The standard InChI is InChI=1S/C26H31N9O2/c1-16(2)35-15-29-24-21(35)13-20(30-25(24)37-5)19-8-10-27-26(31-19)32-22-7-6-18(14-28-22)34-11-9-17(33(3)4)12-23(34)36/h6-8,10,13-17H,9,11-12H2,1-5H3,(H,27,28,31,32). The summed E-state index contributed by atoms with van der Waals surface area (Å²) in [6, 6.07) is 7.99. The zero-order chi connectivity index (χ0) is 26.1. The quantitative estimate of drug-likeness (QED) is 0.405. The molecule has 0 bridgehead atoms. The number of fused-ring (bicyclic) bond motifs is 1. The molecule has 4 aromatic rings. The molecule has 5 rings (SSSR count). The lowest BCUT2D eigenvalue weighted by molar-refractivity contribution is -0.120. The molecule has 1 fully saturated rings. The Morgan fingerprint density at radius 3 is 2.62 bits per heavy atom. The van der Waals surface area contributed by atoms with Gasteiger partial charge in [0.15, 0.2) is 5.52 Å². The van der Waals surface area contributed by atoms with Crippen molar-refractivity contribution < 1.29 is 9.53 Å². The van der Waals surface area contributed by atoms with Crippen LogP contribution in [0.25, 0.3) is 22.4 Å². The summed E-state index contributed by atoms with van der Waals surface area (Å²) in [5, 5.41) is 3.15. The number of ether oxygens (including phenoxy) is 1. The number of imidazole rings is 1. The zero-order valence-electron chi connectivity index (χ0n) is 21.7. The fraction of sp³-hybridized carbons (Fsp3) is 0.385. The van der Waals surface area contributed by atoms with E-state index >= 15 is 0 Å². The molecule has 5 heterocycles. The summed E-state index contributed by atoms with van der Waals surface area (Å²) in [5.74, 6) is 1.53. The third-order valence-corrected chi connectivity index (χ3v) is 6.62. The highest BCUT2D eigenvalue weighted by Crippen LogP contribution is 2.30. The molecule has 1 unspecified atom stereocenters. The molecule has 192 valence electrons. The number of methoxy groups -OCH3 is 1. The van der Waals surface area contributed by atoms with Gasteiger partial charge in [-0.05, 0) is 58.6 Å². The molecule has 37 heavy (non-hydrogen) atoms. The van der Waals surface area contributed by atoms with E-state index in [9.17, 15) is 4.79 Å². The van der Waals surface area contributed by atoms with Crippen LogP contribution in [0.3, 0.4) is 0 Å². The van der Waals surface area contributed by atoms with Crippen LogP contribution in [0.15, 0.2) is 43.0 Å². The highest BCUT2D eigenvalue weighted by Gasteiger charge is 2.28. The Balaban J connectivity index is 1.36. The van der Waals surface area contributed by atoms with Gasteiger partial charge in [-0.15, -0.1) is 0 Å². The van der Waals surface area contributed by atoms with Crippen molar-refractivity contribution in [3.63, 3.8) is 0 Å². The number of pyridine rings is 2. The van der Waals surface area contributed by atoms with Gasteiger partial charge in [-0.2, -0.15) is 0 Å². The van der Waals surface area contributed by atoms with Gasteiger partial charge < -0.3 is 24.4 Å². The molecule has 0 saturated carbocycles. The summed E-state index contributed by atoms with van der Waals surface area (Å²) >= 11 is 0. The number of carbonyl (C=O) groups excluding carboxylic acids is 1. The van der Waals surface area contributed by atoms with E-state index in [1.165, 1.54) is 0 Å². The molecule has 1 aliphatic rings. The topological polar surface area (TPSA) is 114 Å². The normalized spacial score (nSPS) is 16.1. The van der Waals surface area contributed by atoms with Crippen molar-refractivity contribution in [2.75, 3.05) is 38.0 Å². The van der Waals surface area contributed by atoms with Crippen molar-refractivity contribution in [2.24, 2.45) is 0 Å². The molecule has 0 radical (unpaired) electrons. The number of nitrogens with zero attached hydrogens (tertiary/aromatic N) is 8. The lowest BCUT2D eigenvalue weighted by Crippen LogP contribution is -2.45. The van der Waals surface area contributed by atoms with Crippen molar-refractivity contribution >= 4 is 34.4 Å². The van der Waals surface area contributed by atoms with Gasteiger partial charge in [0, 0.05) is 31.2 Å². The molecule has 0 aliphatic carbocycles. The van der Waals surface area contributed by atoms with Crippen LogP contribution in [-0.2, 0) is 4.79 Å². The Morgan fingerprint density at radius 2 is 1.95 bits per heavy atom. The van der Waals surface area contributed by atoms with Gasteiger partial charge in [0.1, 0.15) is 5.82 Å². The minimum atomic E-state index is 0.113. The van der Waals surface area contributed by atoms with Crippen molar-refractivity contribution in [1.29, 1.82) is 0 Å². The molecule has 4 aromatic heterocycles. The van der Waals surface area contributed by atoms with E-state index in [0.717, 1.165) is 17.6 Å².